The molecule has 0 aliphatic carbocycles. The molecule has 2 saturated heterocycles. The first kappa shape index (κ1) is 15.6. The molecule has 120 valence electrons. The lowest BCUT2D eigenvalue weighted by Crippen LogP contribution is -2.28. The van der Waals surface area contributed by atoms with E-state index in [9.17, 15) is 0 Å². The number of furan rings is 1. The van der Waals surface area contributed by atoms with Gasteiger partial charge in [-0.25, -0.2) is 0 Å². The first-order chi connectivity index (χ1) is 10.2. The fourth-order valence-electron chi connectivity index (χ4n) is 3.76. The molecule has 2 fully saturated rings. The van der Waals surface area contributed by atoms with Gasteiger partial charge in [-0.15, -0.1) is 12.4 Å². The number of hydrogen-bond donors (Lipinski definition) is 2. The van der Waals surface area contributed by atoms with Crippen LogP contribution in [0.5, 0.6) is 0 Å². The Morgan fingerprint density at radius 2 is 2.27 bits per heavy atom. The van der Waals surface area contributed by atoms with Gasteiger partial charge in [-0.05, 0) is 50.4 Å². The lowest BCUT2D eigenvalue weighted by atomic mass is 9.86. The standard InChI is InChI=1S/C16H22N4O.ClH/c1-12-2-3-14(21-12)15-13(8-18-19-15)9-20-7-5-16(11-20)4-6-17-10-16;/h2-3,8,17H,4-7,9-11H2,1H3,(H,18,19);1H. The molecule has 4 heterocycles. The summed E-state index contributed by atoms with van der Waals surface area (Å²) in [5.74, 6) is 1.82. The Kier molecular flexibility index (Phi) is 4.30. The monoisotopic (exact) mass is 322 g/mol. The largest absolute Gasteiger partial charge is 0.460 e. The van der Waals surface area contributed by atoms with E-state index < -0.39 is 0 Å². The van der Waals surface area contributed by atoms with Gasteiger partial charge in [0.05, 0.1) is 6.20 Å². The van der Waals surface area contributed by atoms with Gasteiger partial charge in [0, 0.05) is 25.2 Å². The molecule has 1 atom stereocenters. The van der Waals surface area contributed by atoms with E-state index >= 15 is 0 Å². The molecule has 0 bridgehead atoms. The van der Waals surface area contributed by atoms with E-state index in [2.05, 4.69) is 20.4 Å². The number of likely N-dealkylation sites (tertiary alicyclic amines) is 1. The van der Waals surface area contributed by atoms with Crippen molar-refractivity contribution in [2.75, 3.05) is 26.2 Å². The van der Waals surface area contributed by atoms with Gasteiger partial charge >= 0.3 is 0 Å². The fraction of sp³-hybridized carbons (Fsp3) is 0.562. The molecule has 2 aliphatic rings. The van der Waals surface area contributed by atoms with Crippen LogP contribution in [0.2, 0.25) is 0 Å². The average molecular weight is 323 g/mol. The molecular formula is C16H23ClN4O. The van der Waals surface area contributed by atoms with Gasteiger partial charge in [0.25, 0.3) is 0 Å². The SMILES string of the molecule is Cc1ccc(-c2[nH]ncc2CN2CCC3(CCNC3)C2)o1.Cl. The molecule has 22 heavy (non-hydrogen) atoms. The number of aromatic amines is 1. The Labute approximate surface area is 136 Å². The minimum Gasteiger partial charge on any atom is -0.460 e. The van der Waals surface area contributed by atoms with Crippen molar-refractivity contribution in [3.8, 4) is 11.5 Å². The summed E-state index contributed by atoms with van der Waals surface area (Å²) in [6.07, 6.45) is 4.57. The Morgan fingerprint density at radius 3 is 3.00 bits per heavy atom. The van der Waals surface area contributed by atoms with Crippen molar-refractivity contribution < 1.29 is 4.42 Å². The second kappa shape index (κ2) is 6.07. The molecule has 2 aliphatic heterocycles. The number of aromatic nitrogens is 2. The summed E-state index contributed by atoms with van der Waals surface area (Å²) < 4.78 is 5.73. The highest BCUT2D eigenvalue weighted by molar-refractivity contribution is 5.85. The van der Waals surface area contributed by atoms with Crippen molar-refractivity contribution in [1.29, 1.82) is 0 Å². The Morgan fingerprint density at radius 1 is 1.36 bits per heavy atom. The van der Waals surface area contributed by atoms with Crippen molar-refractivity contribution in [2.45, 2.75) is 26.3 Å². The van der Waals surface area contributed by atoms with Crippen molar-refractivity contribution in [3.63, 3.8) is 0 Å². The maximum Gasteiger partial charge on any atom is 0.152 e. The summed E-state index contributed by atoms with van der Waals surface area (Å²) in [6, 6.07) is 4.01. The molecule has 0 radical (unpaired) electrons. The third kappa shape index (κ3) is 2.81. The van der Waals surface area contributed by atoms with Crippen LogP contribution >= 0.6 is 12.4 Å². The normalized spacial score (nSPS) is 25.0. The van der Waals surface area contributed by atoms with E-state index in [1.54, 1.807) is 0 Å². The fourth-order valence-corrected chi connectivity index (χ4v) is 3.76. The number of H-pyrrole nitrogens is 1. The average Bonchev–Trinajstić information content (AvgIpc) is 3.21. The highest BCUT2D eigenvalue weighted by Crippen LogP contribution is 2.37. The first-order valence-electron chi connectivity index (χ1n) is 7.76. The smallest absolute Gasteiger partial charge is 0.152 e. The van der Waals surface area contributed by atoms with Crippen LogP contribution in [0.3, 0.4) is 0 Å². The number of rotatable bonds is 3. The Hall–Kier alpha value is -1.30. The second-order valence-corrected chi connectivity index (χ2v) is 6.57. The molecule has 6 heteroatoms. The van der Waals surface area contributed by atoms with Crippen LogP contribution in [0.25, 0.3) is 11.5 Å². The van der Waals surface area contributed by atoms with Crippen LogP contribution in [0.4, 0.5) is 0 Å². The molecule has 0 aromatic carbocycles. The van der Waals surface area contributed by atoms with Crippen molar-refractivity contribution in [3.05, 3.63) is 29.7 Å². The zero-order valence-corrected chi connectivity index (χ0v) is 13.7. The topological polar surface area (TPSA) is 57.1 Å². The van der Waals surface area contributed by atoms with Gasteiger partial charge < -0.3 is 9.73 Å². The number of hydrogen-bond acceptors (Lipinski definition) is 4. The zero-order valence-electron chi connectivity index (χ0n) is 12.9. The predicted octanol–water partition coefficient (Wildman–Crippen LogP) is 2.59. The third-order valence-corrected chi connectivity index (χ3v) is 4.95. The number of halogens is 1. The molecule has 4 rings (SSSR count). The third-order valence-electron chi connectivity index (χ3n) is 4.95. The Bertz CT molecular complexity index is 630. The zero-order chi connectivity index (χ0) is 14.3. The summed E-state index contributed by atoms with van der Waals surface area (Å²) in [5, 5.41) is 10.8. The number of nitrogens with zero attached hydrogens (tertiary/aromatic N) is 2. The van der Waals surface area contributed by atoms with Crippen LogP contribution in [-0.2, 0) is 6.54 Å². The molecule has 5 nitrogen and oxygen atoms in total. The van der Waals surface area contributed by atoms with E-state index in [-0.39, 0.29) is 12.4 Å². The molecule has 1 unspecified atom stereocenters. The van der Waals surface area contributed by atoms with E-state index in [0.717, 1.165) is 23.8 Å². The van der Waals surface area contributed by atoms with Crippen LogP contribution < -0.4 is 5.32 Å². The molecule has 1 spiro atoms. The predicted molar refractivity (Wildman–Crippen MR) is 88.1 cm³/mol. The lowest BCUT2D eigenvalue weighted by molar-refractivity contribution is 0.269. The maximum absolute atomic E-state index is 5.73. The van der Waals surface area contributed by atoms with Gasteiger partial charge in [-0.1, -0.05) is 0 Å². The summed E-state index contributed by atoms with van der Waals surface area (Å²) in [6.45, 7) is 7.66. The van der Waals surface area contributed by atoms with E-state index in [4.69, 9.17) is 4.42 Å². The highest BCUT2D eigenvalue weighted by atomic mass is 35.5. The first-order valence-corrected chi connectivity index (χ1v) is 7.76. The van der Waals surface area contributed by atoms with Gasteiger partial charge in [0.1, 0.15) is 11.5 Å². The molecule has 2 aromatic rings. The van der Waals surface area contributed by atoms with Crippen molar-refractivity contribution in [1.82, 2.24) is 20.4 Å². The van der Waals surface area contributed by atoms with Gasteiger partial charge in [0.2, 0.25) is 0 Å². The summed E-state index contributed by atoms with van der Waals surface area (Å²) in [7, 11) is 0. The number of aryl methyl sites for hydroxylation is 1. The summed E-state index contributed by atoms with van der Waals surface area (Å²) >= 11 is 0. The summed E-state index contributed by atoms with van der Waals surface area (Å²) in [4.78, 5) is 2.55. The molecule has 0 amide bonds. The lowest BCUT2D eigenvalue weighted by Gasteiger charge is -2.22. The number of nitrogens with one attached hydrogen (secondary N) is 2. The van der Waals surface area contributed by atoms with Crippen LogP contribution in [-0.4, -0.2) is 41.3 Å². The Balaban J connectivity index is 0.00000144. The van der Waals surface area contributed by atoms with Gasteiger partial charge in [-0.3, -0.25) is 10.00 Å². The van der Waals surface area contributed by atoms with Crippen molar-refractivity contribution in [2.24, 2.45) is 5.41 Å². The van der Waals surface area contributed by atoms with E-state index in [1.165, 1.54) is 44.6 Å². The quantitative estimate of drug-likeness (QED) is 0.912. The summed E-state index contributed by atoms with van der Waals surface area (Å²) in [5.41, 5.74) is 2.77. The van der Waals surface area contributed by atoms with E-state index in [1.807, 2.05) is 25.3 Å². The van der Waals surface area contributed by atoms with Crippen LogP contribution in [0.15, 0.2) is 22.7 Å². The van der Waals surface area contributed by atoms with Crippen molar-refractivity contribution >= 4 is 12.4 Å². The molecule has 2 aromatic heterocycles. The highest BCUT2D eigenvalue weighted by Gasteiger charge is 2.40. The van der Waals surface area contributed by atoms with Gasteiger partial charge in [0.15, 0.2) is 5.76 Å². The molecule has 0 saturated carbocycles. The second-order valence-electron chi connectivity index (χ2n) is 6.57. The van der Waals surface area contributed by atoms with E-state index in [0.29, 0.717) is 5.41 Å². The minimum atomic E-state index is 0. The maximum atomic E-state index is 5.73. The van der Waals surface area contributed by atoms with Crippen LogP contribution in [0, 0.1) is 12.3 Å². The van der Waals surface area contributed by atoms with Crippen LogP contribution in [0.1, 0.15) is 24.2 Å². The molecular weight excluding hydrogens is 300 g/mol. The molecule has 2 N–H and O–H groups in total. The minimum absolute atomic E-state index is 0. The van der Waals surface area contributed by atoms with Gasteiger partial charge in [-0.2, -0.15) is 5.10 Å².